The number of rotatable bonds is 24. The van der Waals surface area contributed by atoms with Gasteiger partial charge in [-0.2, -0.15) is 0 Å². The molecule has 0 aliphatic heterocycles. The lowest BCUT2D eigenvalue weighted by atomic mass is 9.99. The molecule has 0 aliphatic rings. The molecule has 0 saturated carbocycles. The molecule has 24 heteroatoms. The quantitative estimate of drug-likeness (QED) is 0.0766. The fraction of sp³-hybridized carbons (Fsp3) is 0.862. The molecule has 0 N–H and O–H groups in total. The van der Waals surface area contributed by atoms with E-state index in [-0.39, 0.29) is 0 Å². The van der Waals surface area contributed by atoms with E-state index in [4.69, 9.17) is 18.9 Å². The molecule has 0 saturated heterocycles. The maximum absolute atomic E-state index is 13.6. The van der Waals surface area contributed by atoms with Gasteiger partial charge in [-0.25, -0.2) is 33.7 Å². The van der Waals surface area contributed by atoms with Gasteiger partial charge >= 0.3 is 23.9 Å². The van der Waals surface area contributed by atoms with Crippen LogP contribution in [0.5, 0.6) is 0 Å². The summed E-state index contributed by atoms with van der Waals surface area (Å²) in [6.07, 6.45) is 0. The number of carbonyl (C=O) groups is 4. The summed E-state index contributed by atoms with van der Waals surface area (Å²) < 4.78 is 124. The summed E-state index contributed by atoms with van der Waals surface area (Å²) in [7, 11) is -18.5. The highest BCUT2D eigenvalue weighted by Crippen LogP contribution is 2.30. The first kappa shape index (κ1) is 52.6. The van der Waals surface area contributed by atoms with E-state index in [0.717, 1.165) is 0 Å². The van der Waals surface area contributed by atoms with Crippen LogP contribution in [0.4, 0.5) is 0 Å². The highest BCUT2D eigenvalue weighted by atomic mass is 79.9. The van der Waals surface area contributed by atoms with Crippen LogP contribution in [-0.4, -0.2) is 147 Å². The van der Waals surface area contributed by atoms with E-state index in [1.807, 2.05) is 0 Å². The van der Waals surface area contributed by atoms with Crippen molar-refractivity contribution < 1.29 is 71.8 Å². The Morgan fingerprint density at radius 3 is 0.660 bits per heavy atom. The van der Waals surface area contributed by atoms with Gasteiger partial charge in [0.15, 0.2) is 39.3 Å². The van der Waals surface area contributed by atoms with E-state index in [9.17, 15) is 52.8 Å². The van der Waals surface area contributed by atoms with Crippen LogP contribution in [0.3, 0.4) is 0 Å². The van der Waals surface area contributed by atoms with Gasteiger partial charge in [0.05, 0.1) is 46.0 Å². The summed E-state index contributed by atoms with van der Waals surface area (Å²) in [5, 5.41) is 0. The molecule has 0 bridgehead atoms. The van der Waals surface area contributed by atoms with Gasteiger partial charge in [-0.05, 0) is 55.4 Å². The number of hydrogen-bond donors (Lipinski definition) is 0. The van der Waals surface area contributed by atoms with Crippen molar-refractivity contribution in [2.75, 3.05) is 72.5 Å². The molecule has 0 heterocycles. The second-order valence-electron chi connectivity index (χ2n) is 14.3. The lowest BCUT2D eigenvalue weighted by Gasteiger charge is -2.33. The molecule has 0 radical (unpaired) electrons. The Balaban J connectivity index is 7.01. The largest absolute Gasteiger partial charge is 0.464 e. The van der Waals surface area contributed by atoms with Gasteiger partial charge in [0.1, 0.15) is 43.7 Å². The summed E-state index contributed by atoms with van der Waals surface area (Å²) >= 11 is 12.3. The number of carbonyl (C=O) groups excluding carboxylic acids is 4. The van der Waals surface area contributed by atoms with E-state index in [0.29, 0.717) is 0 Å². The maximum Gasteiger partial charge on any atom is 0.322 e. The minimum atomic E-state index is -4.62. The highest BCUT2D eigenvalue weighted by molar-refractivity contribution is 9.10. The first-order valence-electron chi connectivity index (χ1n) is 15.6. The van der Waals surface area contributed by atoms with Crippen molar-refractivity contribution >= 4 is 127 Å². The van der Waals surface area contributed by atoms with Crippen molar-refractivity contribution in [2.45, 2.75) is 72.7 Å². The molecule has 0 amide bonds. The monoisotopic (exact) mass is 1100 g/mol. The van der Waals surface area contributed by atoms with E-state index in [1.54, 1.807) is 0 Å². The Hall–Kier alpha value is -0.400. The second-order valence-corrected chi connectivity index (χ2v) is 31.0. The van der Waals surface area contributed by atoms with Crippen LogP contribution in [0.1, 0.15) is 55.4 Å². The topological polar surface area (TPSA) is 242 Å². The van der Waals surface area contributed by atoms with Gasteiger partial charge < -0.3 is 18.9 Å². The average molecular weight is 1100 g/mol. The van der Waals surface area contributed by atoms with E-state index >= 15 is 0 Å². The average Bonchev–Trinajstić information content (AvgIpc) is 2.88. The van der Waals surface area contributed by atoms with E-state index in [1.165, 1.54) is 55.4 Å². The summed E-state index contributed by atoms with van der Waals surface area (Å²) in [4.78, 5) is 48.8. The molecule has 0 atom stereocenters. The van der Waals surface area contributed by atoms with Crippen LogP contribution >= 0.6 is 63.7 Å². The molecule has 0 aromatic rings. The predicted molar refractivity (Wildman–Crippen MR) is 213 cm³/mol. The minimum absolute atomic E-state index is 0.743. The maximum atomic E-state index is 13.6. The zero-order valence-corrected chi connectivity index (χ0v) is 40.3. The normalized spacial score (nSPS) is 14.0. The zero-order chi connectivity index (χ0) is 42.1. The molecular weight excluding hydrogens is 1050 g/mol. The van der Waals surface area contributed by atoms with Crippen LogP contribution < -0.4 is 0 Å². The molecular formula is C29H48Br4O16S4. The van der Waals surface area contributed by atoms with Crippen LogP contribution in [0, 0.1) is 5.41 Å². The Labute approximate surface area is 346 Å². The third-order valence-corrected chi connectivity index (χ3v) is 15.2. The van der Waals surface area contributed by atoms with E-state index < -0.39 is 158 Å². The number of hydrogen-bond acceptors (Lipinski definition) is 16. The minimum Gasteiger partial charge on any atom is -0.464 e. The fourth-order valence-corrected chi connectivity index (χ4v) is 12.3. The summed E-state index contributed by atoms with van der Waals surface area (Å²) in [5.41, 5.74) is -2.62. The van der Waals surface area contributed by atoms with Crippen molar-refractivity contribution in [3.05, 3.63) is 0 Å². The third kappa shape index (κ3) is 22.2. The highest BCUT2D eigenvalue weighted by Gasteiger charge is 2.46. The number of esters is 4. The summed E-state index contributed by atoms with van der Waals surface area (Å²) in [6, 6.07) is 0. The van der Waals surface area contributed by atoms with Crippen molar-refractivity contribution in [3.8, 4) is 0 Å². The van der Waals surface area contributed by atoms with Crippen LogP contribution in [0.25, 0.3) is 0 Å². The molecule has 0 aliphatic carbocycles. The van der Waals surface area contributed by atoms with Crippen molar-refractivity contribution in [3.63, 3.8) is 0 Å². The van der Waals surface area contributed by atoms with Crippen molar-refractivity contribution in [1.29, 1.82) is 0 Å². The molecule has 0 fully saturated rings. The number of ether oxygens (including phenoxy) is 4. The third-order valence-electron chi connectivity index (χ3n) is 6.56. The molecule has 0 rings (SSSR count). The molecule has 53 heavy (non-hydrogen) atoms. The Kier molecular flexibility index (Phi) is 19.7. The van der Waals surface area contributed by atoms with Crippen molar-refractivity contribution in [1.82, 2.24) is 0 Å². The van der Waals surface area contributed by atoms with Crippen molar-refractivity contribution in [2.24, 2.45) is 5.41 Å². The molecule has 0 spiro atoms. The number of halogens is 4. The number of alkyl halides is 4. The lowest BCUT2D eigenvalue weighted by molar-refractivity contribution is -0.145. The molecule has 312 valence electrons. The van der Waals surface area contributed by atoms with Crippen LogP contribution in [0.15, 0.2) is 0 Å². The van der Waals surface area contributed by atoms with Gasteiger partial charge in [-0.15, -0.1) is 0 Å². The van der Waals surface area contributed by atoms with Gasteiger partial charge in [-0.1, -0.05) is 63.7 Å². The molecule has 0 aromatic carbocycles. The van der Waals surface area contributed by atoms with Crippen LogP contribution in [0.2, 0.25) is 0 Å². The Morgan fingerprint density at radius 2 is 0.528 bits per heavy atom. The van der Waals surface area contributed by atoms with Crippen LogP contribution in [-0.2, 0) is 77.5 Å². The fourth-order valence-electron chi connectivity index (χ4n) is 4.14. The standard InChI is InChI=1S/C29H48Br4O16S4/c1-25(2,30)21(34)46-9-13-50(38,39)17-29(18-51(40,41)14-10-47-22(35)26(3,4)31,19-52(42,43)15-11-48-23(36)27(5,6)32)20-53(44,45)16-12-49-24(37)28(7,8)33/h9-20H2,1-8H3. The first-order chi connectivity index (χ1) is 23.3. The first-order valence-corrected chi connectivity index (χ1v) is 26.1. The van der Waals surface area contributed by atoms with Gasteiger partial charge in [0.2, 0.25) is 0 Å². The molecule has 16 nitrogen and oxygen atoms in total. The SMILES string of the molecule is CC(C)(Br)C(=O)OCCS(=O)(=O)CC(CS(=O)(=O)CCOC(=O)C(C)(C)Br)(CS(=O)(=O)CCOC(=O)C(C)(C)Br)CS(=O)(=O)CCOC(=O)C(C)(C)Br. The Morgan fingerprint density at radius 1 is 0.377 bits per heavy atom. The Bertz CT molecular complexity index is 1490. The zero-order valence-electron chi connectivity index (χ0n) is 30.7. The van der Waals surface area contributed by atoms with E-state index in [2.05, 4.69) is 63.7 Å². The lowest BCUT2D eigenvalue weighted by Crippen LogP contribution is -2.50. The number of sulfone groups is 4. The second kappa shape index (κ2) is 19.8. The smallest absolute Gasteiger partial charge is 0.322 e. The predicted octanol–water partition coefficient (Wildman–Crippen LogP) is 2.50. The molecule has 0 unspecified atom stereocenters. The van der Waals surface area contributed by atoms with Gasteiger partial charge in [-0.3, -0.25) is 19.2 Å². The van der Waals surface area contributed by atoms with Gasteiger partial charge in [0, 0.05) is 5.41 Å². The molecule has 0 aromatic heterocycles. The van der Waals surface area contributed by atoms with Gasteiger partial charge in [0.25, 0.3) is 0 Å². The summed E-state index contributed by atoms with van der Waals surface area (Å²) in [6.45, 7) is 8.46. The summed E-state index contributed by atoms with van der Waals surface area (Å²) in [5.74, 6) is -12.6.